The van der Waals surface area contributed by atoms with E-state index in [0.717, 1.165) is 22.4 Å². The number of rotatable bonds is 5. The van der Waals surface area contributed by atoms with Gasteiger partial charge in [0.1, 0.15) is 0 Å². The first-order valence-corrected chi connectivity index (χ1v) is 11.3. The summed E-state index contributed by atoms with van der Waals surface area (Å²) in [5.74, 6) is -0.378. The lowest BCUT2D eigenvalue weighted by Crippen LogP contribution is -2.31. The maximum absolute atomic E-state index is 13.4. The first kappa shape index (κ1) is 23.0. The molecule has 0 bridgehead atoms. The Bertz CT molecular complexity index is 1260. The highest BCUT2D eigenvalue weighted by molar-refractivity contribution is 6.09. The predicted octanol–water partition coefficient (Wildman–Crippen LogP) is 4.82. The normalized spacial score (nSPS) is 12.8. The van der Waals surface area contributed by atoms with Crippen molar-refractivity contribution in [2.75, 3.05) is 23.8 Å². The highest BCUT2D eigenvalue weighted by atomic mass is 16.2. The van der Waals surface area contributed by atoms with E-state index in [1.807, 2.05) is 55.5 Å². The summed E-state index contributed by atoms with van der Waals surface area (Å²) in [5, 5.41) is 5.56. The number of nitrogens with zero attached hydrogens (tertiary/aromatic N) is 1. The second-order valence-corrected chi connectivity index (χ2v) is 8.19. The van der Waals surface area contributed by atoms with Crippen LogP contribution >= 0.6 is 0 Å². The van der Waals surface area contributed by atoms with Crippen molar-refractivity contribution < 1.29 is 14.4 Å². The number of fused-ring (bicyclic) bond motifs is 1. The summed E-state index contributed by atoms with van der Waals surface area (Å²) in [7, 11) is 1.62. The minimum atomic E-state index is -0.187. The molecule has 3 aromatic carbocycles. The topological polar surface area (TPSA) is 78.5 Å². The zero-order valence-electron chi connectivity index (χ0n) is 19.3. The molecule has 0 radical (unpaired) electrons. The van der Waals surface area contributed by atoms with Crippen LogP contribution in [0.2, 0.25) is 0 Å². The largest absolute Gasteiger partial charge is 0.359 e. The van der Waals surface area contributed by atoms with Crippen LogP contribution in [0.3, 0.4) is 0 Å². The van der Waals surface area contributed by atoms with Gasteiger partial charge in [-0.05, 0) is 60.9 Å². The number of carbonyl (C=O) groups is 3. The molecule has 1 aliphatic heterocycles. The zero-order chi connectivity index (χ0) is 24.1. The van der Waals surface area contributed by atoms with E-state index in [0.29, 0.717) is 29.8 Å². The van der Waals surface area contributed by atoms with Crippen molar-refractivity contribution in [3.8, 4) is 0 Å². The fourth-order valence-corrected chi connectivity index (χ4v) is 4.10. The van der Waals surface area contributed by atoms with Gasteiger partial charge in [-0.15, -0.1) is 0 Å². The molecule has 1 aliphatic rings. The molecule has 4 rings (SSSR count). The quantitative estimate of drug-likeness (QED) is 0.582. The van der Waals surface area contributed by atoms with Crippen LogP contribution < -0.4 is 15.5 Å². The summed E-state index contributed by atoms with van der Waals surface area (Å²) >= 11 is 0. The molecule has 0 spiro atoms. The SMILES string of the molecule is CNC(=O)CC1=CCCN(C(=O)c2ccc(NC(=O)c3ccccc3C)cc2)c2ccccc21. The second kappa shape index (κ2) is 10.2. The van der Waals surface area contributed by atoms with E-state index in [1.165, 1.54) is 0 Å². The maximum atomic E-state index is 13.4. The third kappa shape index (κ3) is 4.91. The van der Waals surface area contributed by atoms with E-state index in [4.69, 9.17) is 0 Å². The molecule has 0 unspecified atom stereocenters. The van der Waals surface area contributed by atoms with Gasteiger partial charge in [-0.25, -0.2) is 0 Å². The van der Waals surface area contributed by atoms with Gasteiger partial charge in [0, 0.05) is 36.0 Å². The number of aryl methyl sites for hydroxylation is 1. The van der Waals surface area contributed by atoms with E-state index in [2.05, 4.69) is 10.6 Å². The Morgan fingerprint density at radius 1 is 0.912 bits per heavy atom. The fraction of sp³-hybridized carbons (Fsp3) is 0.179. The summed E-state index contributed by atoms with van der Waals surface area (Å²) in [4.78, 5) is 39.8. The number of hydrogen-bond acceptors (Lipinski definition) is 3. The number of amides is 3. The van der Waals surface area contributed by atoms with Crippen molar-refractivity contribution in [1.82, 2.24) is 5.32 Å². The molecular formula is C28H27N3O3. The minimum Gasteiger partial charge on any atom is -0.359 e. The Kier molecular flexibility index (Phi) is 6.87. The molecule has 0 aliphatic carbocycles. The van der Waals surface area contributed by atoms with Gasteiger partial charge in [0.05, 0.1) is 12.1 Å². The standard InChI is InChI=1S/C28H27N3O3/c1-19-8-3-4-10-23(19)27(33)30-22-15-13-20(14-16-22)28(34)31-17-7-9-21(18-26(32)29-2)24-11-5-6-12-25(24)31/h3-6,8-16H,7,17-18H2,1-2H3,(H,29,32)(H,30,33). The highest BCUT2D eigenvalue weighted by Gasteiger charge is 2.24. The lowest BCUT2D eigenvalue weighted by Gasteiger charge is -2.24. The average Bonchev–Trinajstić information content (AvgIpc) is 3.04. The molecular weight excluding hydrogens is 426 g/mol. The van der Waals surface area contributed by atoms with Crippen LogP contribution in [0.25, 0.3) is 5.57 Å². The molecule has 0 atom stereocenters. The summed E-state index contributed by atoms with van der Waals surface area (Å²) < 4.78 is 0. The molecule has 6 nitrogen and oxygen atoms in total. The van der Waals surface area contributed by atoms with Crippen molar-refractivity contribution in [3.63, 3.8) is 0 Å². The molecule has 1 heterocycles. The van der Waals surface area contributed by atoms with Gasteiger partial charge in [-0.1, -0.05) is 42.5 Å². The third-order valence-electron chi connectivity index (χ3n) is 5.94. The van der Waals surface area contributed by atoms with Crippen LogP contribution in [0.4, 0.5) is 11.4 Å². The van der Waals surface area contributed by atoms with Gasteiger partial charge in [-0.2, -0.15) is 0 Å². The zero-order valence-corrected chi connectivity index (χ0v) is 19.3. The van der Waals surface area contributed by atoms with Crippen LogP contribution in [0, 0.1) is 6.92 Å². The van der Waals surface area contributed by atoms with E-state index >= 15 is 0 Å². The molecule has 0 saturated heterocycles. The van der Waals surface area contributed by atoms with Crippen LogP contribution in [-0.2, 0) is 4.79 Å². The molecule has 6 heteroatoms. The molecule has 172 valence electrons. The Morgan fingerprint density at radius 2 is 1.62 bits per heavy atom. The Labute approximate surface area is 199 Å². The lowest BCUT2D eigenvalue weighted by atomic mass is 10.00. The van der Waals surface area contributed by atoms with Gasteiger partial charge in [0.25, 0.3) is 11.8 Å². The van der Waals surface area contributed by atoms with E-state index in [1.54, 1.807) is 42.3 Å². The van der Waals surface area contributed by atoms with E-state index in [-0.39, 0.29) is 24.1 Å². The molecule has 0 fully saturated rings. The van der Waals surface area contributed by atoms with Gasteiger partial charge in [-0.3, -0.25) is 14.4 Å². The van der Waals surface area contributed by atoms with Crippen molar-refractivity contribution in [2.24, 2.45) is 0 Å². The first-order chi connectivity index (χ1) is 16.5. The van der Waals surface area contributed by atoms with Crippen molar-refractivity contribution in [3.05, 3.63) is 101 Å². The number of anilines is 2. The number of benzene rings is 3. The Hall–Kier alpha value is -4.19. The molecule has 0 aromatic heterocycles. The summed E-state index contributed by atoms with van der Waals surface area (Å²) in [6.07, 6.45) is 2.95. The van der Waals surface area contributed by atoms with Crippen molar-refractivity contribution >= 4 is 34.7 Å². The molecule has 0 saturated carbocycles. The Balaban J connectivity index is 1.53. The maximum Gasteiger partial charge on any atom is 0.258 e. The first-order valence-electron chi connectivity index (χ1n) is 11.3. The van der Waals surface area contributed by atoms with Gasteiger partial charge in [0.2, 0.25) is 5.91 Å². The molecule has 2 N–H and O–H groups in total. The number of hydrogen-bond donors (Lipinski definition) is 2. The van der Waals surface area contributed by atoms with Crippen molar-refractivity contribution in [2.45, 2.75) is 19.8 Å². The van der Waals surface area contributed by atoms with Crippen LogP contribution in [0.1, 0.15) is 44.7 Å². The van der Waals surface area contributed by atoms with E-state index < -0.39 is 0 Å². The van der Waals surface area contributed by atoms with Gasteiger partial charge < -0.3 is 15.5 Å². The second-order valence-electron chi connectivity index (χ2n) is 8.19. The molecule has 34 heavy (non-hydrogen) atoms. The van der Waals surface area contributed by atoms with Crippen LogP contribution in [0.5, 0.6) is 0 Å². The summed E-state index contributed by atoms with van der Waals surface area (Å²) in [6, 6.07) is 22.0. The lowest BCUT2D eigenvalue weighted by molar-refractivity contribution is -0.119. The highest BCUT2D eigenvalue weighted by Crippen LogP contribution is 2.33. The monoisotopic (exact) mass is 453 g/mol. The third-order valence-corrected chi connectivity index (χ3v) is 5.94. The molecule has 3 aromatic rings. The molecule has 3 amide bonds. The number of carbonyl (C=O) groups excluding carboxylic acids is 3. The Morgan fingerprint density at radius 3 is 2.35 bits per heavy atom. The van der Waals surface area contributed by atoms with Crippen molar-refractivity contribution in [1.29, 1.82) is 0 Å². The number of nitrogens with one attached hydrogen (secondary N) is 2. The predicted molar refractivity (Wildman–Crippen MR) is 135 cm³/mol. The van der Waals surface area contributed by atoms with E-state index in [9.17, 15) is 14.4 Å². The fourth-order valence-electron chi connectivity index (χ4n) is 4.10. The van der Waals surface area contributed by atoms with Gasteiger partial charge in [0.15, 0.2) is 0 Å². The average molecular weight is 454 g/mol. The smallest absolute Gasteiger partial charge is 0.258 e. The minimum absolute atomic E-state index is 0.0656. The van der Waals surface area contributed by atoms with Gasteiger partial charge >= 0.3 is 0 Å². The number of para-hydroxylation sites is 1. The summed E-state index contributed by atoms with van der Waals surface area (Å²) in [6.45, 7) is 2.41. The summed E-state index contributed by atoms with van der Waals surface area (Å²) in [5.41, 5.74) is 5.25. The van der Waals surface area contributed by atoms with Crippen LogP contribution in [-0.4, -0.2) is 31.3 Å². The van der Waals surface area contributed by atoms with Crippen LogP contribution in [0.15, 0.2) is 78.9 Å².